The fraction of sp³-hybridized carbons (Fsp3) is 0.588. The molecule has 2 fully saturated rings. The molecule has 21 heavy (non-hydrogen) atoms. The highest BCUT2D eigenvalue weighted by atomic mass is 35.5. The van der Waals surface area contributed by atoms with Crippen LogP contribution in [0.5, 0.6) is 0 Å². The van der Waals surface area contributed by atoms with Crippen molar-refractivity contribution in [1.82, 2.24) is 9.55 Å². The van der Waals surface area contributed by atoms with Gasteiger partial charge < -0.3 is 9.30 Å². The predicted octanol–water partition coefficient (Wildman–Crippen LogP) is 3.87. The minimum atomic E-state index is 0.371. The van der Waals surface area contributed by atoms with Gasteiger partial charge in [-0.15, -0.1) is 11.6 Å². The number of para-hydroxylation sites is 1. The molecule has 3 nitrogen and oxygen atoms in total. The van der Waals surface area contributed by atoms with Crippen molar-refractivity contribution in [3.05, 3.63) is 29.6 Å². The Morgan fingerprint density at radius 2 is 2.19 bits per heavy atom. The van der Waals surface area contributed by atoms with Crippen molar-refractivity contribution < 1.29 is 4.74 Å². The molecule has 112 valence electrons. The lowest BCUT2D eigenvalue weighted by atomic mass is 10.0. The number of rotatable bonds is 4. The van der Waals surface area contributed by atoms with Gasteiger partial charge in [0.1, 0.15) is 5.82 Å². The lowest BCUT2D eigenvalue weighted by Crippen LogP contribution is -2.24. The van der Waals surface area contributed by atoms with Crippen molar-refractivity contribution in [3.8, 4) is 0 Å². The van der Waals surface area contributed by atoms with Crippen molar-refractivity contribution in [2.24, 2.45) is 5.92 Å². The number of ether oxygens (including phenoxy) is 1. The molecule has 4 heteroatoms. The fourth-order valence-corrected chi connectivity index (χ4v) is 3.91. The summed E-state index contributed by atoms with van der Waals surface area (Å²) < 4.78 is 8.50. The monoisotopic (exact) mass is 304 g/mol. The van der Waals surface area contributed by atoms with Crippen LogP contribution in [0, 0.1) is 12.8 Å². The molecule has 2 aliphatic rings. The summed E-state index contributed by atoms with van der Waals surface area (Å²) in [6.45, 7) is 3.05. The molecule has 1 saturated carbocycles. The second-order valence-electron chi connectivity index (χ2n) is 6.31. The Balaban J connectivity index is 1.86. The van der Waals surface area contributed by atoms with Gasteiger partial charge in [0.15, 0.2) is 0 Å². The van der Waals surface area contributed by atoms with Gasteiger partial charge in [0.05, 0.1) is 23.2 Å². The first kappa shape index (κ1) is 13.6. The number of fused-ring (bicyclic) bond motifs is 1. The molecule has 0 radical (unpaired) electrons. The molecule has 0 amide bonds. The largest absolute Gasteiger partial charge is 0.376 e. The number of hydrogen-bond acceptors (Lipinski definition) is 2. The zero-order chi connectivity index (χ0) is 14.4. The number of hydrogen-bond donors (Lipinski definition) is 0. The number of alkyl halides is 1. The molecule has 0 N–H and O–H groups in total. The lowest BCUT2D eigenvalue weighted by molar-refractivity contribution is 0.0753. The van der Waals surface area contributed by atoms with Crippen LogP contribution in [0.2, 0.25) is 0 Å². The van der Waals surface area contributed by atoms with Crippen LogP contribution in [0.15, 0.2) is 18.2 Å². The first-order valence-corrected chi connectivity index (χ1v) is 8.47. The number of imidazole rings is 1. The van der Waals surface area contributed by atoms with E-state index in [-0.39, 0.29) is 0 Å². The van der Waals surface area contributed by atoms with Crippen LogP contribution in [0.1, 0.15) is 36.7 Å². The average Bonchev–Trinajstić information content (AvgIpc) is 3.08. The van der Waals surface area contributed by atoms with E-state index in [1.807, 2.05) is 0 Å². The van der Waals surface area contributed by atoms with Crippen LogP contribution in [-0.4, -0.2) is 28.1 Å². The molecule has 1 saturated heterocycles. The van der Waals surface area contributed by atoms with E-state index in [9.17, 15) is 0 Å². The number of benzene rings is 1. The summed E-state index contributed by atoms with van der Waals surface area (Å²) in [4.78, 5) is 4.84. The van der Waals surface area contributed by atoms with E-state index < -0.39 is 0 Å². The van der Waals surface area contributed by atoms with Gasteiger partial charge in [-0.3, -0.25) is 0 Å². The zero-order valence-corrected chi connectivity index (χ0v) is 13.1. The van der Waals surface area contributed by atoms with E-state index in [0.29, 0.717) is 18.0 Å². The Morgan fingerprint density at radius 3 is 2.95 bits per heavy atom. The molecular weight excluding hydrogens is 284 g/mol. The van der Waals surface area contributed by atoms with E-state index >= 15 is 0 Å². The molecular formula is C17H21ClN2O. The smallest absolute Gasteiger partial charge is 0.111 e. The first-order chi connectivity index (χ1) is 10.3. The van der Waals surface area contributed by atoms with Crippen LogP contribution in [-0.2, 0) is 11.2 Å². The van der Waals surface area contributed by atoms with Gasteiger partial charge in [-0.2, -0.15) is 0 Å². The molecule has 1 aliphatic carbocycles. The Hall–Kier alpha value is -1.06. The predicted molar refractivity (Wildman–Crippen MR) is 85.0 cm³/mol. The maximum atomic E-state index is 6.05. The fourth-order valence-electron chi connectivity index (χ4n) is 3.74. The van der Waals surface area contributed by atoms with Gasteiger partial charge in [0.2, 0.25) is 0 Å². The number of aromatic nitrogens is 2. The van der Waals surface area contributed by atoms with Gasteiger partial charge in [-0.05, 0) is 43.7 Å². The van der Waals surface area contributed by atoms with Gasteiger partial charge in [-0.1, -0.05) is 12.1 Å². The van der Waals surface area contributed by atoms with E-state index in [2.05, 4.69) is 29.7 Å². The van der Waals surface area contributed by atoms with Crippen molar-refractivity contribution in [1.29, 1.82) is 0 Å². The number of halogens is 1. The first-order valence-electron chi connectivity index (χ1n) is 7.93. The Morgan fingerprint density at radius 1 is 1.33 bits per heavy atom. The molecule has 2 aromatic rings. The van der Waals surface area contributed by atoms with Crippen molar-refractivity contribution >= 4 is 22.6 Å². The third-order valence-electron chi connectivity index (χ3n) is 4.82. The summed E-state index contributed by atoms with van der Waals surface area (Å²) in [7, 11) is 0. The number of aryl methyl sites for hydroxylation is 2. The molecule has 0 bridgehead atoms. The van der Waals surface area contributed by atoms with E-state index in [0.717, 1.165) is 36.7 Å². The summed E-state index contributed by atoms with van der Waals surface area (Å²) in [6.07, 6.45) is 4.92. The van der Waals surface area contributed by atoms with E-state index in [4.69, 9.17) is 21.3 Å². The third-order valence-corrected chi connectivity index (χ3v) is 5.01. The Kier molecular flexibility index (Phi) is 3.43. The summed E-state index contributed by atoms with van der Waals surface area (Å²) >= 11 is 6.01. The molecule has 2 heterocycles. The Bertz CT molecular complexity index is 662. The Labute approximate surface area is 130 Å². The normalized spacial score (nSPS) is 25.8. The highest BCUT2D eigenvalue weighted by molar-refractivity contribution is 6.17. The second-order valence-corrected chi connectivity index (χ2v) is 6.69. The number of nitrogens with zero attached hydrogens (tertiary/aromatic N) is 2. The molecule has 1 aliphatic heterocycles. The second kappa shape index (κ2) is 5.29. The van der Waals surface area contributed by atoms with Crippen molar-refractivity contribution in [2.45, 2.75) is 44.8 Å². The molecule has 0 spiro atoms. The quantitative estimate of drug-likeness (QED) is 0.802. The molecule has 2 atom stereocenters. The minimum Gasteiger partial charge on any atom is -0.376 e. The maximum Gasteiger partial charge on any atom is 0.111 e. The molecule has 2 unspecified atom stereocenters. The average molecular weight is 305 g/mol. The van der Waals surface area contributed by atoms with Crippen molar-refractivity contribution in [3.63, 3.8) is 0 Å². The summed E-state index contributed by atoms with van der Waals surface area (Å²) in [5, 5.41) is 0. The van der Waals surface area contributed by atoms with Crippen LogP contribution >= 0.6 is 11.6 Å². The molecule has 4 rings (SSSR count). The van der Waals surface area contributed by atoms with Crippen molar-refractivity contribution in [2.75, 3.05) is 12.5 Å². The van der Waals surface area contributed by atoms with Crippen LogP contribution < -0.4 is 0 Å². The lowest BCUT2D eigenvalue weighted by Gasteiger charge is -2.23. The highest BCUT2D eigenvalue weighted by Crippen LogP contribution is 2.44. The standard InChI is InChI=1S/C17H21ClN2O/c1-11-3-2-4-13-16(11)20(15(19-13)7-9-18)14-8-10-21-17(14)12-5-6-12/h2-4,12,14,17H,5-10H2,1H3. The van der Waals surface area contributed by atoms with Crippen LogP contribution in [0.3, 0.4) is 0 Å². The third kappa shape index (κ3) is 2.27. The molecule has 1 aromatic heterocycles. The maximum absolute atomic E-state index is 6.05. The molecule has 1 aromatic carbocycles. The van der Waals surface area contributed by atoms with Crippen LogP contribution in [0.25, 0.3) is 11.0 Å². The zero-order valence-electron chi connectivity index (χ0n) is 12.4. The summed E-state index contributed by atoms with van der Waals surface area (Å²) in [6, 6.07) is 6.80. The minimum absolute atomic E-state index is 0.371. The summed E-state index contributed by atoms with van der Waals surface area (Å²) in [5.74, 6) is 2.49. The van der Waals surface area contributed by atoms with Gasteiger partial charge >= 0.3 is 0 Å². The topological polar surface area (TPSA) is 27.1 Å². The highest BCUT2D eigenvalue weighted by Gasteiger charge is 2.42. The SMILES string of the molecule is Cc1cccc2nc(CCCl)n(C3CCOC3C3CC3)c12. The van der Waals surface area contributed by atoms with Crippen LogP contribution in [0.4, 0.5) is 0 Å². The van der Waals surface area contributed by atoms with E-state index in [1.165, 1.54) is 23.9 Å². The van der Waals surface area contributed by atoms with E-state index in [1.54, 1.807) is 0 Å². The van der Waals surface area contributed by atoms with Gasteiger partial charge in [0, 0.05) is 18.9 Å². The van der Waals surface area contributed by atoms with Gasteiger partial charge in [-0.25, -0.2) is 4.98 Å². The summed E-state index contributed by atoms with van der Waals surface area (Å²) in [5.41, 5.74) is 3.66. The van der Waals surface area contributed by atoms with Gasteiger partial charge in [0.25, 0.3) is 0 Å².